The van der Waals surface area contributed by atoms with Crippen LogP contribution in [-0.2, 0) is 18.4 Å². The lowest BCUT2D eigenvalue weighted by Crippen LogP contribution is -2.51. The lowest BCUT2D eigenvalue weighted by Gasteiger charge is -2.31. The molecule has 0 saturated carbocycles. The van der Waals surface area contributed by atoms with E-state index in [4.69, 9.17) is 9.05 Å². The number of rotatable bonds is 52. The van der Waals surface area contributed by atoms with E-state index in [0.29, 0.717) is 30.3 Å². The molecule has 0 rings (SSSR count). The van der Waals surface area contributed by atoms with Gasteiger partial charge in [0.15, 0.2) is 0 Å². The van der Waals surface area contributed by atoms with Crippen molar-refractivity contribution in [3.8, 4) is 0 Å². The van der Waals surface area contributed by atoms with Gasteiger partial charge in [0.2, 0.25) is 5.91 Å². The molecule has 4 unspecified atom stereocenters. The zero-order valence-electron chi connectivity index (χ0n) is 48.3. The quantitative estimate of drug-likeness (QED) is 0.0240. The van der Waals surface area contributed by atoms with Gasteiger partial charge in [-0.05, 0) is 116 Å². The molecule has 0 aromatic heterocycles. The number of aliphatic hydroxyl groups is 2. The zero-order chi connectivity index (χ0) is 55.0. The molecule has 0 fully saturated rings. The maximum absolute atomic E-state index is 13.0. The van der Waals surface area contributed by atoms with Crippen molar-refractivity contribution < 1.29 is 38.0 Å². The molecule has 1 amide bonds. The van der Waals surface area contributed by atoms with Gasteiger partial charge >= 0.3 is 0 Å². The van der Waals surface area contributed by atoms with Crippen molar-refractivity contribution in [1.82, 2.24) is 5.32 Å². The first-order valence-electron chi connectivity index (χ1n) is 29.6. The highest BCUT2D eigenvalue weighted by Gasteiger charge is 2.29. The Hall–Kier alpha value is -3.40. The normalized spacial score (nSPS) is 15.3. The van der Waals surface area contributed by atoms with Crippen LogP contribution in [-0.4, -0.2) is 79.8 Å². The van der Waals surface area contributed by atoms with E-state index in [2.05, 4.69) is 153 Å². The molecule has 10 heteroatoms. The highest BCUT2D eigenvalue weighted by atomic mass is 31.2. The summed E-state index contributed by atoms with van der Waals surface area (Å²) >= 11 is 0. The minimum atomic E-state index is -4.69. The number of hydrogen-bond acceptors (Lipinski definition) is 7. The van der Waals surface area contributed by atoms with Crippen LogP contribution in [0.25, 0.3) is 0 Å². The second kappa shape index (κ2) is 54.0. The van der Waals surface area contributed by atoms with E-state index in [1.54, 1.807) is 0 Å². The second-order valence-electron chi connectivity index (χ2n) is 20.7. The first-order valence-corrected chi connectivity index (χ1v) is 31.1. The number of unbranched alkanes of at least 4 members (excludes halogenated alkanes) is 16. The van der Waals surface area contributed by atoms with Gasteiger partial charge in [-0.1, -0.05) is 225 Å². The lowest BCUT2D eigenvalue weighted by molar-refractivity contribution is -0.870. The smallest absolute Gasteiger partial charge is 0.268 e. The number of likely N-dealkylation sites (N-methyl/N-ethyl adjacent to an activating group) is 1. The Morgan fingerprint density at radius 2 is 0.840 bits per heavy atom. The number of hydrogen-bond donors (Lipinski definition) is 3. The van der Waals surface area contributed by atoms with Gasteiger partial charge in [-0.25, -0.2) is 0 Å². The third-order valence-corrected chi connectivity index (χ3v) is 13.4. The molecule has 0 bridgehead atoms. The largest absolute Gasteiger partial charge is 0.756 e. The van der Waals surface area contributed by atoms with Crippen molar-refractivity contribution in [3.05, 3.63) is 134 Å². The molecule has 0 spiro atoms. The number of nitrogens with zero attached hydrogens (tertiary/aromatic N) is 1. The third-order valence-electron chi connectivity index (χ3n) is 12.5. The average molecular weight is 1060 g/mol. The molecule has 0 aliphatic heterocycles. The van der Waals surface area contributed by atoms with Crippen molar-refractivity contribution in [2.75, 3.05) is 40.9 Å². The Bertz CT molecular complexity index is 1700. The molecule has 3 N–H and O–H groups in total. The second-order valence-corrected chi connectivity index (χ2v) is 22.2. The minimum absolute atomic E-state index is 0.0545. The fourth-order valence-electron chi connectivity index (χ4n) is 7.81. The highest BCUT2D eigenvalue weighted by Crippen LogP contribution is 2.38. The van der Waals surface area contributed by atoms with Crippen LogP contribution in [0.2, 0.25) is 0 Å². The van der Waals surface area contributed by atoms with Crippen molar-refractivity contribution in [2.24, 2.45) is 0 Å². The van der Waals surface area contributed by atoms with E-state index in [1.165, 1.54) is 70.6 Å². The Labute approximate surface area is 460 Å². The number of allylic oxidation sites excluding steroid dienone is 22. The number of aliphatic hydroxyl groups excluding tert-OH is 2. The minimum Gasteiger partial charge on any atom is -0.756 e. The highest BCUT2D eigenvalue weighted by molar-refractivity contribution is 7.45. The molecule has 0 saturated heterocycles. The van der Waals surface area contributed by atoms with E-state index in [-0.39, 0.29) is 18.9 Å². The van der Waals surface area contributed by atoms with Gasteiger partial charge in [-0.15, -0.1) is 0 Å². The Balaban J connectivity index is 4.20. The maximum atomic E-state index is 13.0. The van der Waals surface area contributed by atoms with Gasteiger partial charge in [0.05, 0.1) is 39.9 Å². The summed E-state index contributed by atoms with van der Waals surface area (Å²) in [5.41, 5.74) is 0. The molecule has 0 aromatic carbocycles. The van der Waals surface area contributed by atoms with Gasteiger partial charge in [0.25, 0.3) is 7.82 Å². The standard InChI is InChI=1S/C65H111N2O7P/c1-6-8-10-12-14-16-18-20-21-22-23-24-25-26-27-28-29-30-31-32-33-34-35-36-37-38-39-40-41-42-43-44-45-46-48-50-52-54-56-58-64(69)66-62(61-74-75(71,72)73-60-59-67(3,4)5)65(70)63(68)57-55-53-51-49-47-19-17-15-13-11-9-7-2/h8,10,14,16,20-21,23-24,26-27,29-30,32-33,35-36,38-39,41-42,49,51,62-63,65,68,70H,6-7,9,11-13,15,17-19,22,25,28,31,34,37,40,43-48,50,52-61H2,1-5H3,(H-,66,69,71,72)/b10-8-,16-14-,21-20-,24-23-,27-26-,30-29-,33-32-,36-35-,39-38-,42-41-,51-49+. The summed E-state index contributed by atoms with van der Waals surface area (Å²) in [6, 6.07) is -1.10. The van der Waals surface area contributed by atoms with Gasteiger partial charge in [-0.2, -0.15) is 0 Å². The van der Waals surface area contributed by atoms with Crippen molar-refractivity contribution in [2.45, 2.75) is 231 Å². The van der Waals surface area contributed by atoms with Crippen LogP contribution < -0.4 is 10.2 Å². The molecule has 428 valence electrons. The van der Waals surface area contributed by atoms with E-state index in [1.807, 2.05) is 21.1 Å². The monoisotopic (exact) mass is 1060 g/mol. The third kappa shape index (κ3) is 55.2. The number of carbonyl (C=O) groups is 1. The number of phosphoric ester groups is 1. The number of amides is 1. The first-order chi connectivity index (χ1) is 36.4. The number of quaternary nitrogens is 1. The summed E-state index contributed by atoms with van der Waals surface area (Å²) in [4.78, 5) is 25.5. The maximum Gasteiger partial charge on any atom is 0.268 e. The predicted octanol–water partition coefficient (Wildman–Crippen LogP) is 16.7. The van der Waals surface area contributed by atoms with Crippen LogP contribution in [0.4, 0.5) is 0 Å². The SMILES string of the molecule is CC/C=C\C/C=C\C/C=C\C/C=C\C/C=C\C/C=C\C/C=C\C/C=C\C/C=C\C/C=C\CCCCCCCCCCC(=O)NC(COP(=O)([O-])OCC[N+](C)(C)C)C(O)C(O)CCC/C=C/CCCCCCCCC. The first kappa shape index (κ1) is 71.6. The lowest BCUT2D eigenvalue weighted by atomic mass is 10.0. The van der Waals surface area contributed by atoms with Crippen LogP contribution in [0.5, 0.6) is 0 Å². The summed E-state index contributed by atoms with van der Waals surface area (Å²) < 4.78 is 23.2. The molecule has 0 aliphatic carbocycles. The molecule has 0 heterocycles. The number of phosphoric acid groups is 1. The summed E-state index contributed by atoms with van der Waals surface area (Å²) in [6.45, 7) is 4.27. The molecule has 0 aliphatic rings. The Morgan fingerprint density at radius 3 is 1.24 bits per heavy atom. The predicted molar refractivity (Wildman–Crippen MR) is 321 cm³/mol. The zero-order valence-corrected chi connectivity index (χ0v) is 49.2. The van der Waals surface area contributed by atoms with Crippen LogP contribution in [0.3, 0.4) is 0 Å². The molecular formula is C65H111N2O7P. The molecule has 4 atom stereocenters. The summed E-state index contributed by atoms with van der Waals surface area (Å²) in [5.74, 6) is -0.303. The molecule has 75 heavy (non-hydrogen) atoms. The fraction of sp³-hybridized carbons (Fsp3) is 0.646. The molecule has 0 aromatic rings. The average Bonchev–Trinajstić information content (AvgIpc) is 3.37. The Morgan fingerprint density at radius 1 is 0.493 bits per heavy atom. The summed E-state index contributed by atoms with van der Waals surface area (Å²) in [5, 5.41) is 24.7. The fourth-order valence-corrected chi connectivity index (χ4v) is 8.53. The van der Waals surface area contributed by atoms with E-state index >= 15 is 0 Å². The van der Waals surface area contributed by atoms with Crippen molar-refractivity contribution in [1.29, 1.82) is 0 Å². The number of carbonyl (C=O) groups excluding carboxylic acids is 1. The topological polar surface area (TPSA) is 128 Å². The van der Waals surface area contributed by atoms with Crippen LogP contribution in [0.15, 0.2) is 134 Å². The van der Waals surface area contributed by atoms with Crippen LogP contribution in [0.1, 0.15) is 213 Å². The van der Waals surface area contributed by atoms with Crippen LogP contribution >= 0.6 is 7.82 Å². The van der Waals surface area contributed by atoms with Gasteiger partial charge in [-0.3, -0.25) is 9.36 Å². The molecule has 9 nitrogen and oxygen atoms in total. The summed E-state index contributed by atoms with van der Waals surface area (Å²) in [6.07, 6.45) is 78.1. The molecule has 0 radical (unpaired) electrons. The van der Waals surface area contributed by atoms with E-state index in [0.717, 1.165) is 103 Å². The van der Waals surface area contributed by atoms with Crippen molar-refractivity contribution in [3.63, 3.8) is 0 Å². The van der Waals surface area contributed by atoms with Gasteiger partial charge in [0.1, 0.15) is 19.3 Å². The number of nitrogens with one attached hydrogen (secondary N) is 1. The molecular weight excluding hydrogens is 952 g/mol. The van der Waals surface area contributed by atoms with Crippen LogP contribution in [0, 0.1) is 0 Å². The van der Waals surface area contributed by atoms with Gasteiger partial charge < -0.3 is 34.0 Å². The Kier molecular flexibility index (Phi) is 51.5. The van der Waals surface area contributed by atoms with E-state index in [9.17, 15) is 24.5 Å². The van der Waals surface area contributed by atoms with E-state index < -0.39 is 32.7 Å². The summed E-state index contributed by atoms with van der Waals surface area (Å²) in [7, 11) is 1.08. The van der Waals surface area contributed by atoms with Crippen molar-refractivity contribution >= 4 is 13.7 Å². The van der Waals surface area contributed by atoms with Gasteiger partial charge in [0, 0.05) is 6.42 Å².